The van der Waals surface area contributed by atoms with Gasteiger partial charge >= 0.3 is 5.97 Å². The molecular weight excluding hydrogens is 318 g/mol. The normalized spacial score (nSPS) is 13.0. The lowest BCUT2D eigenvalue weighted by Gasteiger charge is -2.16. The van der Waals surface area contributed by atoms with E-state index in [1.54, 1.807) is 6.92 Å². The maximum Gasteiger partial charge on any atom is 0.306 e. The van der Waals surface area contributed by atoms with Gasteiger partial charge in [-0.15, -0.1) is 0 Å². The predicted octanol–water partition coefficient (Wildman–Crippen LogP) is 0.252. The molecule has 0 saturated carbocycles. The fraction of sp³-hybridized carbons (Fsp3) is 0.688. The van der Waals surface area contributed by atoms with Gasteiger partial charge in [-0.3, -0.25) is 19.2 Å². The first kappa shape index (κ1) is 21.9. The summed E-state index contributed by atoms with van der Waals surface area (Å²) in [6.45, 7) is 2.37. The highest BCUT2D eigenvalue weighted by Crippen LogP contribution is 2.13. The van der Waals surface area contributed by atoms with Crippen LogP contribution in [-0.4, -0.2) is 52.1 Å². The van der Waals surface area contributed by atoms with E-state index in [2.05, 4.69) is 5.32 Å². The Morgan fingerprint density at radius 3 is 2.12 bits per heavy atom. The van der Waals surface area contributed by atoms with Crippen LogP contribution in [-0.2, 0) is 24.0 Å². The summed E-state index contributed by atoms with van der Waals surface area (Å²) < 4.78 is 0. The van der Waals surface area contributed by atoms with E-state index >= 15 is 0 Å². The van der Waals surface area contributed by atoms with E-state index in [-0.39, 0.29) is 50.1 Å². The highest BCUT2D eigenvalue weighted by Gasteiger charge is 2.24. The van der Waals surface area contributed by atoms with Gasteiger partial charge in [0.15, 0.2) is 5.78 Å². The first-order valence-corrected chi connectivity index (χ1v) is 7.88. The molecule has 0 unspecified atom stereocenters. The average Bonchev–Trinajstić information content (AvgIpc) is 2.53. The zero-order valence-electron chi connectivity index (χ0n) is 14.0. The quantitative estimate of drug-likeness (QED) is 0.436. The Labute approximate surface area is 140 Å². The van der Waals surface area contributed by atoms with Crippen LogP contribution in [0.15, 0.2) is 0 Å². The Morgan fingerprint density at radius 2 is 1.67 bits per heavy atom. The number of Topliss-reactive ketones (excluding diaryl/α,β-unsaturated/α-hetero) is 3. The SMILES string of the molecule is CCC(=O)C[C@@H](CCC(=O)N[C@@H](CO)C(=O)CCC(C)=O)C(=O)O. The molecule has 0 heterocycles. The van der Waals surface area contributed by atoms with Gasteiger partial charge in [0.1, 0.15) is 17.6 Å². The van der Waals surface area contributed by atoms with Crippen LogP contribution in [0.5, 0.6) is 0 Å². The molecule has 3 N–H and O–H groups in total. The minimum atomic E-state index is -1.15. The van der Waals surface area contributed by atoms with Gasteiger partial charge in [-0.2, -0.15) is 0 Å². The van der Waals surface area contributed by atoms with Crippen molar-refractivity contribution in [2.75, 3.05) is 6.61 Å². The Balaban J connectivity index is 4.47. The van der Waals surface area contributed by atoms with Crippen molar-refractivity contribution in [3.8, 4) is 0 Å². The van der Waals surface area contributed by atoms with Crippen LogP contribution < -0.4 is 5.32 Å². The highest BCUT2D eigenvalue weighted by molar-refractivity contribution is 5.91. The van der Waals surface area contributed by atoms with Crippen LogP contribution in [0.25, 0.3) is 0 Å². The molecule has 136 valence electrons. The van der Waals surface area contributed by atoms with Gasteiger partial charge < -0.3 is 20.3 Å². The summed E-state index contributed by atoms with van der Waals surface area (Å²) >= 11 is 0. The van der Waals surface area contributed by atoms with E-state index < -0.39 is 36.2 Å². The molecule has 0 spiro atoms. The predicted molar refractivity (Wildman–Crippen MR) is 84.2 cm³/mol. The summed E-state index contributed by atoms with van der Waals surface area (Å²) in [4.78, 5) is 56.9. The van der Waals surface area contributed by atoms with Crippen molar-refractivity contribution in [1.82, 2.24) is 5.32 Å². The van der Waals surface area contributed by atoms with Gasteiger partial charge in [-0.05, 0) is 13.3 Å². The zero-order chi connectivity index (χ0) is 18.7. The lowest BCUT2D eigenvalue weighted by atomic mass is 9.96. The van der Waals surface area contributed by atoms with Crippen molar-refractivity contribution in [1.29, 1.82) is 0 Å². The third-order valence-corrected chi connectivity index (χ3v) is 3.57. The van der Waals surface area contributed by atoms with Crippen molar-refractivity contribution in [2.24, 2.45) is 5.92 Å². The Bertz CT molecular complexity index is 487. The summed E-state index contributed by atoms with van der Waals surface area (Å²) in [5.74, 6) is -3.52. The van der Waals surface area contributed by atoms with Crippen LogP contribution in [0, 0.1) is 5.92 Å². The number of ketones is 3. The molecule has 0 aliphatic rings. The maximum atomic E-state index is 11.8. The molecule has 8 nitrogen and oxygen atoms in total. The Kier molecular flexibility index (Phi) is 10.4. The smallest absolute Gasteiger partial charge is 0.306 e. The van der Waals surface area contributed by atoms with E-state index in [1.165, 1.54) is 6.92 Å². The second-order valence-corrected chi connectivity index (χ2v) is 5.64. The topological polar surface area (TPSA) is 138 Å². The molecule has 0 rings (SSSR count). The number of hydrogen-bond donors (Lipinski definition) is 3. The monoisotopic (exact) mass is 343 g/mol. The van der Waals surface area contributed by atoms with E-state index in [9.17, 15) is 24.0 Å². The molecule has 0 aromatic heterocycles. The zero-order valence-corrected chi connectivity index (χ0v) is 14.0. The van der Waals surface area contributed by atoms with E-state index in [0.717, 1.165) is 0 Å². The van der Waals surface area contributed by atoms with Gasteiger partial charge in [-0.25, -0.2) is 0 Å². The number of amides is 1. The number of carbonyl (C=O) groups excluding carboxylic acids is 4. The first-order chi connectivity index (χ1) is 11.2. The second-order valence-electron chi connectivity index (χ2n) is 5.64. The van der Waals surface area contributed by atoms with Crippen molar-refractivity contribution < 1.29 is 34.2 Å². The summed E-state index contributed by atoms with van der Waals surface area (Å²) in [5, 5.41) is 20.6. The molecule has 8 heteroatoms. The van der Waals surface area contributed by atoms with Gasteiger partial charge in [0.25, 0.3) is 0 Å². The fourth-order valence-electron chi connectivity index (χ4n) is 2.01. The molecular formula is C16H25NO7. The van der Waals surface area contributed by atoms with Crippen molar-refractivity contribution in [2.45, 2.75) is 58.4 Å². The first-order valence-electron chi connectivity index (χ1n) is 7.88. The number of hydrogen-bond acceptors (Lipinski definition) is 6. The number of carbonyl (C=O) groups is 5. The number of carboxylic acids is 1. The van der Waals surface area contributed by atoms with Gasteiger partial charge in [0, 0.05) is 32.1 Å². The molecule has 0 aliphatic carbocycles. The molecule has 0 aromatic rings. The van der Waals surface area contributed by atoms with Crippen LogP contribution in [0.4, 0.5) is 0 Å². The number of aliphatic hydroxyl groups excluding tert-OH is 1. The second kappa shape index (κ2) is 11.4. The highest BCUT2D eigenvalue weighted by atomic mass is 16.4. The molecule has 24 heavy (non-hydrogen) atoms. The standard InChI is InChI=1S/C16H25NO7/c1-3-12(20)8-11(16(23)24)5-7-15(22)17-13(9-18)14(21)6-4-10(2)19/h11,13,18H,3-9H2,1-2H3,(H,17,22)(H,23,24)/t11-,13+/m1/s1. The summed E-state index contributed by atoms with van der Waals surface area (Å²) in [7, 11) is 0. The van der Waals surface area contributed by atoms with Crippen molar-refractivity contribution in [3.63, 3.8) is 0 Å². The molecule has 1 amide bonds. The van der Waals surface area contributed by atoms with Crippen LogP contribution >= 0.6 is 0 Å². The van der Waals surface area contributed by atoms with Crippen molar-refractivity contribution in [3.05, 3.63) is 0 Å². The van der Waals surface area contributed by atoms with Gasteiger partial charge in [0.2, 0.25) is 5.91 Å². The summed E-state index contributed by atoms with van der Waals surface area (Å²) in [6, 6.07) is -1.11. The van der Waals surface area contributed by atoms with Crippen LogP contribution in [0.1, 0.15) is 52.4 Å². The molecule has 2 atom stereocenters. The average molecular weight is 343 g/mol. The van der Waals surface area contributed by atoms with Crippen molar-refractivity contribution >= 4 is 29.2 Å². The Morgan fingerprint density at radius 1 is 1.04 bits per heavy atom. The number of aliphatic hydroxyl groups is 1. The summed E-state index contributed by atoms with van der Waals surface area (Å²) in [5.41, 5.74) is 0. The molecule has 0 fully saturated rings. The van der Waals surface area contributed by atoms with E-state index in [1.807, 2.05) is 0 Å². The van der Waals surface area contributed by atoms with E-state index in [4.69, 9.17) is 10.2 Å². The minimum Gasteiger partial charge on any atom is -0.481 e. The molecule has 0 radical (unpaired) electrons. The third-order valence-electron chi connectivity index (χ3n) is 3.57. The minimum absolute atomic E-state index is 0.0332. The van der Waals surface area contributed by atoms with Crippen LogP contribution in [0.3, 0.4) is 0 Å². The number of carboxylic acid groups (broad SMARTS) is 1. The molecule has 0 saturated heterocycles. The maximum absolute atomic E-state index is 11.8. The Hall–Kier alpha value is -2.09. The summed E-state index contributed by atoms with van der Waals surface area (Å²) in [6.07, 6.45) is -0.167. The molecule has 0 aromatic carbocycles. The third kappa shape index (κ3) is 9.14. The number of aliphatic carboxylic acids is 1. The number of nitrogens with one attached hydrogen (secondary N) is 1. The van der Waals surface area contributed by atoms with E-state index in [0.29, 0.717) is 0 Å². The molecule has 0 aliphatic heterocycles. The number of rotatable bonds is 13. The largest absolute Gasteiger partial charge is 0.481 e. The lowest BCUT2D eigenvalue weighted by Crippen LogP contribution is -2.43. The van der Waals surface area contributed by atoms with Gasteiger partial charge in [0.05, 0.1) is 12.5 Å². The lowest BCUT2D eigenvalue weighted by molar-refractivity contribution is -0.144. The van der Waals surface area contributed by atoms with Crippen LogP contribution in [0.2, 0.25) is 0 Å². The van der Waals surface area contributed by atoms with Gasteiger partial charge in [-0.1, -0.05) is 6.92 Å². The fourth-order valence-corrected chi connectivity index (χ4v) is 2.01. The molecule has 0 bridgehead atoms.